The molecule has 152 valence electrons. The van der Waals surface area contributed by atoms with Crippen LogP contribution in [-0.2, 0) is 13.2 Å². The fourth-order valence-electron chi connectivity index (χ4n) is 2.96. The molecule has 0 radical (unpaired) electrons. The Kier molecular flexibility index (Phi) is 7.67. The van der Waals surface area contributed by atoms with E-state index in [0.29, 0.717) is 19.8 Å². The Bertz CT molecular complexity index is 973. The molecule has 0 aliphatic heterocycles. The molecular formula is C24H25ClINO2. The molecular weight excluding hydrogens is 497 g/mol. The molecule has 5 heteroatoms. The van der Waals surface area contributed by atoms with Crippen LogP contribution in [0.3, 0.4) is 0 Å². The number of rotatable bonds is 8. The molecule has 0 aliphatic rings. The molecule has 0 aromatic heterocycles. The molecule has 0 amide bonds. The van der Waals surface area contributed by atoms with Gasteiger partial charge in [-0.15, -0.1) is 0 Å². The average molecular weight is 522 g/mol. The van der Waals surface area contributed by atoms with E-state index in [1.807, 2.05) is 38.1 Å². The second-order valence-electron chi connectivity index (χ2n) is 6.88. The van der Waals surface area contributed by atoms with Crippen molar-refractivity contribution in [3.8, 4) is 11.5 Å². The van der Waals surface area contributed by atoms with Crippen molar-refractivity contribution >= 4 is 39.9 Å². The van der Waals surface area contributed by atoms with Gasteiger partial charge in [-0.05, 0) is 84.3 Å². The molecule has 3 aromatic carbocycles. The van der Waals surface area contributed by atoms with Crippen LogP contribution >= 0.6 is 34.2 Å². The molecule has 0 saturated carbocycles. The molecule has 0 spiro atoms. The van der Waals surface area contributed by atoms with Crippen molar-refractivity contribution < 1.29 is 9.47 Å². The smallest absolute Gasteiger partial charge is 0.174 e. The van der Waals surface area contributed by atoms with Gasteiger partial charge in [0.05, 0.1) is 10.2 Å². The van der Waals surface area contributed by atoms with Crippen LogP contribution < -0.4 is 14.8 Å². The second-order valence-corrected chi connectivity index (χ2v) is 8.45. The van der Waals surface area contributed by atoms with Gasteiger partial charge in [-0.3, -0.25) is 0 Å². The lowest BCUT2D eigenvalue weighted by Gasteiger charge is -2.17. The van der Waals surface area contributed by atoms with Gasteiger partial charge >= 0.3 is 0 Å². The first-order chi connectivity index (χ1) is 14.0. The number of hydrogen-bond donors (Lipinski definition) is 1. The minimum Gasteiger partial charge on any atom is -0.490 e. The van der Waals surface area contributed by atoms with Crippen molar-refractivity contribution in [2.75, 3.05) is 11.9 Å². The van der Waals surface area contributed by atoms with E-state index in [2.05, 4.69) is 65.2 Å². The van der Waals surface area contributed by atoms with E-state index < -0.39 is 0 Å². The number of hydrogen-bond acceptors (Lipinski definition) is 3. The van der Waals surface area contributed by atoms with E-state index in [0.717, 1.165) is 42.5 Å². The maximum atomic E-state index is 6.22. The van der Waals surface area contributed by atoms with Crippen LogP contribution in [0.5, 0.6) is 11.5 Å². The molecule has 29 heavy (non-hydrogen) atoms. The van der Waals surface area contributed by atoms with Crippen molar-refractivity contribution in [2.24, 2.45) is 0 Å². The number of benzene rings is 3. The summed E-state index contributed by atoms with van der Waals surface area (Å²) in [5, 5.41) is 4.23. The molecule has 3 nitrogen and oxygen atoms in total. The number of anilines is 1. The SMILES string of the molecule is CCOc1cc(CNc2cccc(Cl)c2C)cc(I)c1OCc1ccc(C)cc1. The lowest BCUT2D eigenvalue weighted by Crippen LogP contribution is -2.05. The van der Waals surface area contributed by atoms with E-state index >= 15 is 0 Å². The van der Waals surface area contributed by atoms with Crippen molar-refractivity contribution in [3.63, 3.8) is 0 Å². The van der Waals surface area contributed by atoms with Gasteiger partial charge in [-0.2, -0.15) is 0 Å². The van der Waals surface area contributed by atoms with Gasteiger partial charge < -0.3 is 14.8 Å². The zero-order valence-corrected chi connectivity index (χ0v) is 19.8. The molecule has 0 unspecified atom stereocenters. The van der Waals surface area contributed by atoms with E-state index in [1.54, 1.807) is 0 Å². The van der Waals surface area contributed by atoms with E-state index in [-0.39, 0.29) is 0 Å². The lowest BCUT2D eigenvalue weighted by atomic mass is 10.1. The molecule has 0 bridgehead atoms. The summed E-state index contributed by atoms with van der Waals surface area (Å²) in [6, 6.07) is 18.4. The molecule has 0 heterocycles. The van der Waals surface area contributed by atoms with Gasteiger partial charge in [0.1, 0.15) is 6.61 Å². The fourth-order valence-corrected chi connectivity index (χ4v) is 3.96. The summed E-state index contributed by atoms with van der Waals surface area (Å²) in [6.45, 7) is 7.85. The first-order valence-electron chi connectivity index (χ1n) is 9.60. The number of halogens is 2. The van der Waals surface area contributed by atoms with Crippen molar-refractivity contribution in [1.29, 1.82) is 0 Å². The van der Waals surface area contributed by atoms with Crippen molar-refractivity contribution in [3.05, 3.63) is 85.4 Å². The maximum absolute atomic E-state index is 6.22. The zero-order valence-electron chi connectivity index (χ0n) is 16.9. The topological polar surface area (TPSA) is 30.5 Å². The third-order valence-corrected chi connectivity index (χ3v) is 5.83. The molecule has 0 aliphatic carbocycles. The third-order valence-electron chi connectivity index (χ3n) is 4.62. The Hall–Kier alpha value is -1.92. The predicted molar refractivity (Wildman–Crippen MR) is 129 cm³/mol. The molecule has 3 rings (SSSR count). The third kappa shape index (κ3) is 5.80. The summed E-state index contributed by atoms with van der Waals surface area (Å²) < 4.78 is 13.0. The Balaban J connectivity index is 1.76. The highest BCUT2D eigenvalue weighted by atomic mass is 127. The van der Waals surface area contributed by atoms with E-state index in [9.17, 15) is 0 Å². The van der Waals surface area contributed by atoms with Crippen molar-refractivity contribution in [1.82, 2.24) is 0 Å². The second kappa shape index (κ2) is 10.2. The van der Waals surface area contributed by atoms with E-state index in [1.165, 1.54) is 5.56 Å². The van der Waals surface area contributed by atoms with Crippen LogP contribution in [0.25, 0.3) is 0 Å². The van der Waals surface area contributed by atoms with Crippen LogP contribution in [-0.4, -0.2) is 6.61 Å². The minimum atomic E-state index is 0.510. The lowest BCUT2D eigenvalue weighted by molar-refractivity contribution is 0.267. The van der Waals surface area contributed by atoms with Crippen molar-refractivity contribution in [2.45, 2.75) is 33.9 Å². The molecule has 0 saturated heterocycles. The largest absolute Gasteiger partial charge is 0.490 e. The van der Waals surface area contributed by atoms with E-state index in [4.69, 9.17) is 21.1 Å². The quantitative estimate of drug-likeness (QED) is 0.319. The van der Waals surface area contributed by atoms with Gasteiger partial charge in [-0.1, -0.05) is 47.5 Å². The summed E-state index contributed by atoms with van der Waals surface area (Å²) in [6.07, 6.45) is 0. The van der Waals surface area contributed by atoms with Crippen LogP contribution in [0.4, 0.5) is 5.69 Å². The Morgan fingerprint density at radius 2 is 1.72 bits per heavy atom. The Morgan fingerprint density at radius 3 is 2.45 bits per heavy atom. The summed E-state index contributed by atoms with van der Waals surface area (Å²) in [4.78, 5) is 0. The highest BCUT2D eigenvalue weighted by Crippen LogP contribution is 2.35. The Labute approximate surface area is 191 Å². The monoisotopic (exact) mass is 521 g/mol. The number of nitrogens with one attached hydrogen (secondary N) is 1. The average Bonchev–Trinajstić information content (AvgIpc) is 2.70. The predicted octanol–water partition coefficient (Wildman–Crippen LogP) is 7.15. The summed E-state index contributed by atoms with van der Waals surface area (Å²) in [7, 11) is 0. The Morgan fingerprint density at radius 1 is 0.966 bits per heavy atom. The van der Waals surface area contributed by atoms with Gasteiger partial charge in [0.2, 0.25) is 0 Å². The highest BCUT2D eigenvalue weighted by molar-refractivity contribution is 14.1. The van der Waals surface area contributed by atoms with Crippen LogP contribution in [0.1, 0.15) is 29.2 Å². The first kappa shape index (κ1) is 21.8. The van der Waals surface area contributed by atoms with Gasteiger partial charge in [-0.25, -0.2) is 0 Å². The standard InChI is InChI=1S/C24H25ClINO2/c1-4-28-23-13-19(14-27-22-7-5-6-20(25)17(22)3)12-21(26)24(23)29-15-18-10-8-16(2)9-11-18/h5-13,27H,4,14-15H2,1-3H3. The summed E-state index contributed by atoms with van der Waals surface area (Å²) in [5.41, 5.74) is 5.58. The first-order valence-corrected chi connectivity index (χ1v) is 11.1. The van der Waals surface area contributed by atoms with Gasteiger partial charge in [0.25, 0.3) is 0 Å². The normalized spacial score (nSPS) is 10.7. The summed E-state index contributed by atoms with van der Waals surface area (Å²) >= 11 is 8.54. The maximum Gasteiger partial charge on any atom is 0.174 e. The fraction of sp³-hybridized carbons (Fsp3) is 0.250. The van der Waals surface area contributed by atoms with Crippen LogP contribution in [0.15, 0.2) is 54.6 Å². The molecule has 1 N–H and O–H groups in total. The van der Waals surface area contributed by atoms with Crippen LogP contribution in [0, 0.1) is 17.4 Å². The molecule has 0 atom stereocenters. The molecule has 0 fully saturated rings. The number of aryl methyl sites for hydroxylation is 1. The van der Waals surface area contributed by atoms with Crippen LogP contribution in [0.2, 0.25) is 5.02 Å². The zero-order chi connectivity index (χ0) is 20.8. The van der Waals surface area contributed by atoms with Gasteiger partial charge in [0, 0.05) is 17.3 Å². The highest BCUT2D eigenvalue weighted by Gasteiger charge is 2.13. The molecule has 3 aromatic rings. The number of ether oxygens (including phenoxy) is 2. The summed E-state index contributed by atoms with van der Waals surface area (Å²) in [5.74, 6) is 1.56. The minimum absolute atomic E-state index is 0.510. The van der Waals surface area contributed by atoms with Gasteiger partial charge in [0.15, 0.2) is 11.5 Å².